The number of hydrogen-bond donors (Lipinski definition) is 2. The van der Waals surface area contributed by atoms with Crippen LogP contribution in [0.5, 0.6) is 0 Å². The number of fused-ring (bicyclic) bond motifs is 1. The van der Waals surface area contributed by atoms with Gasteiger partial charge in [0, 0.05) is 41.7 Å². The molecule has 238 valence electrons. The number of aromatic nitrogens is 2. The zero-order chi connectivity index (χ0) is 32.1. The Morgan fingerprint density at radius 2 is 1.76 bits per heavy atom. The number of esters is 1. The Morgan fingerprint density at radius 3 is 2.46 bits per heavy atom. The van der Waals surface area contributed by atoms with E-state index in [9.17, 15) is 14.4 Å². The quantitative estimate of drug-likeness (QED) is 0.174. The van der Waals surface area contributed by atoms with Crippen molar-refractivity contribution < 1.29 is 19.1 Å². The number of benzene rings is 3. The third kappa shape index (κ3) is 6.74. The minimum atomic E-state index is -1.10. The van der Waals surface area contributed by atoms with E-state index in [2.05, 4.69) is 27.4 Å². The van der Waals surface area contributed by atoms with Gasteiger partial charge in [0.25, 0.3) is 11.8 Å². The van der Waals surface area contributed by atoms with Gasteiger partial charge in [0.05, 0.1) is 23.5 Å². The number of nitrogens with one attached hydrogen (secondary N) is 2. The zero-order valence-electron chi connectivity index (χ0n) is 26.5. The van der Waals surface area contributed by atoms with Crippen LogP contribution in [-0.4, -0.2) is 64.7 Å². The van der Waals surface area contributed by atoms with Crippen molar-refractivity contribution in [3.8, 4) is 5.69 Å². The normalized spacial score (nSPS) is 19.0. The molecule has 46 heavy (non-hydrogen) atoms. The van der Waals surface area contributed by atoms with Gasteiger partial charge < -0.3 is 20.3 Å². The molecule has 0 bridgehead atoms. The van der Waals surface area contributed by atoms with E-state index in [0.29, 0.717) is 43.3 Å². The Balaban J connectivity index is 1.23. The maximum Gasteiger partial charge on any atom is 0.330 e. The van der Waals surface area contributed by atoms with Gasteiger partial charge in [-0.05, 0) is 81.3 Å². The Kier molecular flexibility index (Phi) is 9.30. The van der Waals surface area contributed by atoms with Gasteiger partial charge in [-0.2, -0.15) is 5.10 Å². The summed E-state index contributed by atoms with van der Waals surface area (Å²) in [6.07, 6.45) is 9.47. The number of rotatable bonds is 9. The lowest BCUT2D eigenvalue weighted by Gasteiger charge is -2.29. The summed E-state index contributed by atoms with van der Waals surface area (Å²) in [6.45, 7) is 3.14. The smallest absolute Gasteiger partial charge is 0.330 e. The molecule has 1 saturated heterocycles. The van der Waals surface area contributed by atoms with Crippen LogP contribution in [0.1, 0.15) is 73.0 Å². The first kappa shape index (κ1) is 31.2. The summed E-state index contributed by atoms with van der Waals surface area (Å²) in [7, 11) is 1.95. The highest BCUT2D eigenvalue weighted by molar-refractivity contribution is 6.05. The van der Waals surface area contributed by atoms with Crippen molar-refractivity contribution in [2.24, 2.45) is 0 Å². The molecule has 3 aromatic carbocycles. The third-order valence-electron chi connectivity index (χ3n) is 9.08. The second-order valence-corrected chi connectivity index (χ2v) is 12.4. The van der Waals surface area contributed by atoms with Crippen LogP contribution in [-0.2, 0) is 14.3 Å². The van der Waals surface area contributed by atoms with Gasteiger partial charge in [0.1, 0.15) is 5.54 Å². The molecule has 2 heterocycles. The van der Waals surface area contributed by atoms with E-state index in [4.69, 9.17) is 9.84 Å². The first-order valence-corrected chi connectivity index (χ1v) is 16.2. The van der Waals surface area contributed by atoms with Gasteiger partial charge in [-0.3, -0.25) is 9.59 Å². The molecule has 1 aliphatic heterocycles. The minimum absolute atomic E-state index is 0.269. The molecule has 2 aliphatic rings. The second kappa shape index (κ2) is 13.7. The van der Waals surface area contributed by atoms with Crippen molar-refractivity contribution >= 4 is 40.4 Å². The largest absolute Gasteiger partial charge is 0.463 e. The third-order valence-corrected chi connectivity index (χ3v) is 9.08. The number of carbonyl (C=O) groups is 3. The summed E-state index contributed by atoms with van der Waals surface area (Å²) in [5.74, 6) is -0.562. The number of para-hydroxylation sites is 1. The van der Waals surface area contributed by atoms with Crippen LogP contribution >= 0.6 is 0 Å². The molecule has 9 heteroatoms. The molecule has 9 nitrogen and oxygen atoms in total. The topological polar surface area (TPSA) is 106 Å². The number of amides is 2. The summed E-state index contributed by atoms with van der Waals surface area (Å²) < 4.78 is 6.98. The van der Waals surface area contributed by atoms with Crippen LogP contribution in [0.3, 0.4) is 0 Å². The van der Waals surface area contributed by atoms with Crippen molar-refractivity contribution in [3.63, 3.8) is 0 Å². The number of carbonyl (C=O) groups excluding carboxylic acids is 3. The van der Waals surface area contributed by atoms with Gasteiger partial charge in [0.15, 0.2) is 0 Å². The molecule has 1 aliphatic carbocycles. The van der Waals surface area contributed by atoms with E-state index in [-0.39, 0.29) is 11.8 Å². The van der Waals surface area contributed by atoms with Crippen LogP contribution < -0.4 is 10.6 Å². The molecular formula is C37H41N5O4. The summed E-state index contributed by atoms with van der Waals surface area (Å²) in [6, 6.07) is 23.1. The fourth-order valence-electron chi connectivity index (χ4n) is 6.70. The molecule has 2 amide bonds. The molecule has 2 N–H and O–H groups in total. The Hall–Kier alpha value is -4.76. The van der Waals surface area contributed by atoms with Crippen LogP contribution in [0.25, 0.3) is 22.7 Å². The minimum Gasteiger partial charge on any atom is -0.463 e. The number of nitrogens with zero attached hydrogens (tertiary/aromatic N) is 3. The zero-order valence-corrected chi connectivity index (χ0v) is 26.5. The Labute approximate surface area is 269 Å². The van der Waals surface area contributed by atoms with Gasteiger partial charge in [-0.25, -0.2) is 9.48 Å². The highest BCUT2D eigenvalue weighted by Crippen LogP contribution is 2.38. The predicted octanol–water partition coefficient (Wildman–Crippen LogP) is 6.09. The van der Waals surface area contributed by atoms with Crippen molar-refractivity contribution in [2.75, 3.05) is 32.1 Å². The van der Waals surface area contributed by atoms with Gasteiger partial charge in [-0.15, -0.1) is 0 Å². The summed E-state index contributed by atoms with van der Waals surface area (Å²) >= 11 is 0. The molecule has 1 saturated carbocycles. The number of hydrogen-bond acceptors (Lipinski definition) is 6. The maximum absolute atomic E-state index is 13.8. The van der Waals surface area contributed by atoms with Gasteiger partial charge >= 0.3 is 5.97 Å². The summed E-state index contributed by atoms with van der Waals surface area (Å²) in [5.41, 5.74) is 3.77. The molecular weight excluding hydrogens is 578 g/mol. The average Bonchev–Trinajstić information content (AvgIpc) is 3.66. The lowest BCUT2D eigenvalue weighted by molar-refractivity contribution is -0.137. The molecule has 2 fully saturated rings. The Bertz CT molecular complexity index is 1740. The molecule has 1 aromatic heterocycles. The van der Waals surface area contributed by atoms with Gasteiger partial charge in [-0.1, -0.05) is 55.7 Å². The molecule has 0 unspecified atom stereocenters. The van der Waals surface area contributed by atoms with Crippen LogP contribution in [0.4, 0.5) is 5.69 Å². The fourth-order valence-corrected chi connectivity index (χ4v) is 6.70. The van der Waals surface area contributed by atoms with E-state index in [1.54, 1.807) is 25.1 Å². The lowest BCUT2D eigenvalue weighted by Crippen LogP contribution is -2.58. The standard InChI is InChI=1S/C37H41N5O4/c1-3-46-33(43)21-16-26-14-18-29(19-15-26)38-36(45)37(22-23-41(2)25-37)39-35(44)28-17-20-31-32(24-28)40-42(30-12-8-5-9-13-30)34(31)27-10-6-4-7-11-27/h5,8-9,12-21,24,27H,3-4,6-7,10-11,22-23,25H2,1-2H3,(H,38,45)(H,39,44)/b21-16+/t37-/m1/s1. The number of ether oxygens (including phenoxy) is 1. The van der Waals surface area contributed by atoms with E-state index in [0.717, 1.165) is 35.0 Å². The van der Waals surface area contributed by atoms with Crippen molar-refractivity contribution in [1.29, 1.82) is 0 Å². The molecule has 4 aromatic rings. The number of likely N-dealkylation sites (tertiary alicyclic amines) is 1. The lowest BCUT2D eigenvalue weighted by atomic mass is 9.85. The van der Waals surface area contributed by atoms with Crippen LogP contribution in [0.15, 0.2) is 78.9 Å². The maximum atomic E-state index is 13.8. The van der Waals surface area contributed by atoms with E-state index in [1.165, 1.54) is 31.0 Å². The molecule has 1 atom stereocenters. The van der Waals surface area contributed by atoms with E-state index >= 15 is 0 Å². The fraction of sp³-hybridized carbons (Fsp3) is 0.351. The molecule has 0 radical (unpaired) electrons. The monoisotopic (exact) mass is 619 g/mol. The number of likely N-dealkylation sites (N-methyl/N-ethyl adjacent to an activating group) is 1. The van der Waals surface area contributed by atoms with Crippen molar-refractivity contribution in [3.05, 3.63) is 95.7 Å². The van der Waals surface area contributed by atoms with E-state index in [1.807, 2.05) is 60.5 Å². The van der Waals surface area contributed by atoms with Gasteiger partial charge in [0.2, 0.25) is 0 Å². The first-order valence-electron chi connectivity index (χ1n) is 16.2. The summed E-state index contributed by atoms with van der Waals surface area (Å²) in [4.78, 5) is 41.2. The second-order valence-electron chi connectivity index (χ2n) is 12.4. The Morgan fingerprint density at radius 1 is 1.00 bits per heavy atom. The van der Waals surface area contributed by atoms with Crippen molar-refractivity contribution in [2.45, 2.75) is 56.9 Å². The molecule has 0 spiro atoms. The highest BCUT2D eigenvalue weighted by Gasteiger charge is 2.45. The van der Waals surface area contributed by atoms with Crippen LogP contribution in [0, 0.1) is 0 Å². The number of anilines is 1. The highest BCUT2D eigenvalue weighted by atomic mass is 16.5. The average molecular weight is 620 g/mol. The van der Waals surface area contributed by atoms with Crippen LogP contribution in [0.2, 0.25) is 0 Å². The SMILES string of the molecule is CCOC(=O)/C=C/c1ccc(NC(=O)[C@@]2(NC(=O)c3ccc4c(C5CCCCC5)n(-c5ccccc5)nc4c3)CCN(C)C2)cc1. The van der Waals surface area contributed by atoms with E-state index < -0.39 is 11.5 Å². The van der Waals surface area contributed by atoms with Crippen molar-refractivity contribution in [1.82, 2.24) is 20.0 Å². The molecule has 6 rings (SSSR count). The summed E-state index contributed by atoms with van der Waals surface area (Å²) in [5, 5.41) is 12.2. The predicted molar refractivity (Wildman–Crippen MR) is 180 cm³/mol. The first-order chi connectivity index (χ1) is 22.3.